The first-order valence-electron chi connectivity index (χ1n) is 5.65. The van der Waals surface area contributed by atoms with Gasteiger partial charge >= 0.3 is 0 Å². The van der Waals surface area contributed by atoms with Crippen LogP contribution in [-0.2, 0) is 7.05 Å². The van der Waals surface area contributed by atoms with Gasteiger partial charge in [-0.25, -0.2) is 4.98 Å². The fraction of sp³-hybridized carbons (Fsp3) is 0.308. The van der Waals surface area contributed by atoms with E-state index >= 15 is 0 Å². The van der Waals surface area contributed by atoms with Gasteiger partial charge in [0.25, 0.3) is 0 Å². The highest BCUT2D eigenvalue weighted by Crippen LogP contribution is 2.31. The van der Waals surface area contributed by atoms with Crippen LogP contribution in [0.1, 0.15) is 23.7 Å². The summed E-state index contributed by atoms with van der Waals surface area (Å²) in [5.41, 5.74) is 6.78. The summed E-state index contributed by atoms with van der Waals surface area (Å²) >= 11 is 6.25. The van der Waals surface area contributed by atoms with Crippen molar-refractivity contribution in [1.82, 2.24) is 9.55 Å². The Kier molecular flexibility index (Phi) is 3.82. The van der Waals surface area contributed by atoms with E-state index in [1.54, 1.807) is 6.20 Å². The molecule has 0 aliphatic heterocycles. The smallest absolute Gasteiger partial charge is 0.116 e. The van der Waals surface area contributed by atoms with E-state index in [1.807, 2.05) is 42.1 Å². The number of aromatic nitrogens is 2. The highest BCUT2D eigenvalue weighted by molar-refractivity contribution is 6.31. The summed E-state index contributed by atoms with van der Waals surface area (Å²) in [6, 6.07) is 7.87. The van der Waals surface area contributed by atoms with E-state index < -0.39 is 0 Å². The molecule has 0 aliphatic rings. The zero-order valence-electron chi connectivity index (χ0n) is 9.81. The molecule has 4 heteroatoms. The molecule has 2 N–H and O–H groups in total. The second-order valence-electron chi connectivity index (χ2n) is 4.05. The predicted molar refractivity (Wildman–Crippen MR) is 70.2 cm³/mol. The van der Waals surface area contributed by atoms with E-state index in [9.17, 15) is 0 Å². The van der Waals surface area contributed by atoms with E-state index in [1.165, 1.54) is 0 Å². The summed E-state index contributed by atoms with van der Waals surface area (Å²) in [6.07, 6.45) is 4.58. The van der Waals surface area contributed by atoms with Crippen LogP contribution in [0.4, 0.5) is 0 Å². The molecule has 90 valence electrons. The van der Waals surface area contributed by atoms with Crippen LogP contribution in [-0.4, -0.2) is 16.1 Å². The minimum atomic E-state index is 0.161. The van der Waals surface area contributed by atoms with Crippen LogP contribution in [0.5, 0.6) is 0 Å². The molecule has 1 aromatic heterocycles. The minimum Gasteiger partial charge on any atom is -0.337 e. The molecule has 3 nitrogen and oxygen atoms in total. The van der Waals surface area contributed by atoms with Crippen molar-refractivity contribution >= 4 is 11.6 Å². The molecule has 1 heterocycles. The lowest BCUT2D eigenvalue weighted by Crippen LogP contribution is -2.13. The van der Waals surface area contributed by atoms with Crippen molar-refractivity contribution < 1.29 is 0 Å². The molecule has 0 spiro atoms. The van der Waals surface area contributed by atoms with Gasteiger partial charge in [-0.1, -0.05) is 29.8 Å². The molecule has 0 fully saturated rings. The van der Waals surface area contributed by atoms with Gasteiger partial charge in [-0.15, -0.1) is 0 Å². The summed E-state index contributed by atoms with van der Waals surface area (Å²) in [5.74, 6) is 1.16. The summed E-state index contributed by atoms with van der Waals surface area (Å²) in [7, 11) is 1.99. The minimum absolute atomic E-state index is 0.161. The lowest BCUT2D eigenvalue weighted by molar-refractivity contribution is 0.648. The van der Waals surface area contributed by atoms with Gasteiger partial charge in [-0.3, -0.25) is 0 Å². The Morgan fingerprint density at radius 2 is 2.18 bits per heavy atom. The van der Waals surface area contributed by atoms with E-state index in [-0.39, 0.29) is 5.92 Å². The molecule has 0 saturated heterocycles. The lowest BCUT2D eigenvalue weighted by atomic mass is 9.95. The molecule has 0 bridgehead atoms. The van der Waals surface area contributed by atoms with Crippen molar-refractivity contribution in [3.8, 4) is 0 Å². The normalized spacial score (nSPS) is 12.6. The fourth-order valence-corrected chi connectivity index (χ4v) is 2.33. The van der Waals surface area contributed by atoms with Gasteiger partial charge in [0.2, 0.25) is 0 Å². The Balaban J connectivity index is 2.43. The molecular formula is C13H16ClN3. The first-order valence-corrected chi connectivity index (χ1v) is 6.03. The van der Waals surface area contributed by atoms with Gasteiger partial charge in [0, 0.05) is 30.4 Å². The number of hydrogen-bond donors (Lipinski definition) is 1. The monoisotopic (exact) mass is 249 g/mol. The number of imidazole rings is 1. The maximum Gasteiger partial charge on any atom is 0.116 e. The van der Waals surface area contributed by atoms with Crippen LogP contribution in [0.15, 0.2) is 36.7 Å². The van der Waals surface area contributed by atoms with Crippen LogP contribution in [0.3, 0.4) is 0 Å². The quantitative estimate of drug-likeness (QED) is 0.905. The van der Waals surface area contributed by atoms with Crippen molar-refractivity contribution in [1.29, 1.82) is 0 Å². The van der Waals surface area contributed by atoms with Gasteiger partial charge in [0.1, 0.15) is 5.82 Å². The van der Waals surface area contributed by atoms with Gasteiger partial charge in [-0.2, -0.15) is 0 Å². The average molecular weight is 250 g/mol. The molecule has 17 heavy (non-hydrogen) atoms. The van der Waals surface area contributed by atoms with Gasteiger partial charge < -0.3 is 10.3 Å². The average Bonchev–Trinajstić information content (AvgIpc) is 2.74. The lowest BCUT2D eigenvalue weighted by Gasteiger charge is -2.17. The van der Waals surface area contributed by atoms with Crippen molar-refractivity contribution in [3.63, 3.8) is 0 Å². The van der Waals surface area contributed by atoms with E-state index in [2.05, 4.69) is 4.98 Å². The van der Waals surface area contributed by atoms with Crippen molar-refractivity contribution in [2.24, 2.45) is 12.8 Å². The van der Waals surface area contributed by atoms with Gasteiger partial charge in [0.15, 0.2) is 0 Å². The number of rotatable bonds is 4. The first kappa shape index (κ1) is 12.1. The van der Waals surface area contributed by atoms with Crippen molar-refractivity contribution in [2.45, 2.75) is 12.3 Å². The van der Waals surface area contributed by atoms with E-state index in [4.69, 9.17) is 17.3 Å². The Labute approximate surface area is 106 Å². The Morgan fingerprint density at radius 1 is 1.41 bits per heavy atom. The highest BCUT2D eigenvalue weighted by atomic mass is 35.5. The first-order chi connectivity index (χ1) is 8.24. The number of nitrogens with two attached hydrogens (primary N) is 1. The zero-order valence-corrected chi connectivity index (χ0v) is 10.6. The van der Waals surface area contributed by atoms with Gasteiger partial charge in [-0.05, 0) is 24.6 Å². The third kappa shape index (κ3) is 2.51. The number of aryl methyl sites for hydroxylation is 1. The summed E-state index contributed by atoms with van der Waals surface area (Å²) in [5, 5.41) is 0.772. The molecule has 1 unspecified atom stereocenters. The Morgan fingerprint density at radius 3 is 2.76 bits per heavy atom. The second-order valence-corrected chi connectivity index (χ2v) is 4.45. The largest absolute Gasteiger partial charge is 0.337 e. The SMILES string of the molecule is Cn1ccnc1C(CCN)c1ccccc1Cl. The topological polar surface area (TPSA) is 43.8 Å². The molecule has 2 aromatic rings. The van der Waals surface area contributed by atoms with Crippen molar-refractivity contribution in [3.05, 3.63) is 53.1 Å². The fourth-order valence-electron chi connectivity index (χ4n) is 2.06. The van der Waals surface area contributed by atoms with Crippen LogP contribution in [0.25, 0.3) is 0 Å². The molecule has 0 amide bonds. The number of halogens is 1. The molecule has 0 saturated carbocycles. The Bertz CT molecular complexity index is 493. The van der Waals surface area contributed by atoms with E-state index in [0.717, 1.165) is 22.8 Å². The third-order valence-corrected chi connectivity index (χ3v) is 3.25. The number of benzene rings is 1. The van der Waals surface area contributed by atoms with E-state index in [0.29, 0.717) is 6.54 Å². The molecular weight excluding hydrogens is 234 g/mol. The maximum absolute atomic E-state index is 6.25. The Hall–Kier alpha value is -1.32. The standard InChI is InChI=1S/C13H16ClN3/c1-17-9-8-16-13(17)11(6-7-15)10-4-2-3-5-12(10)14/h2-5,8-9,11H,6-7,15H2,1H3. The molecule has 1 aromatic carbocycles. The maximum atomic E-state index is 6.25. The highest BCUT2D eigenvalue weighted by Gasteiger charge is 2.19. The van der Waals surface area contributed by atoms with Crippen LogP contribution >= 0.6 is 11.6 Å². The predicted octanol–water partition coefficient (Wildman–Crippen LogP) is 2.55. The van der Waals surface area contributed by atoms with Gasteiger partial charge in [0.05, 0.1) is 0 Å². The van der Waals surface area contributed by atoms with Crippen LogP contribution in [0, 0.1) is 0 Å². The summed E-state index contributed by atoms with van der Waals surface area (Å²) in [4.78, 5) is 4.40. The summed E-state index contributed by atoms with van der Waals surface area (Å²) in [6.45, 7) is 0.614. The second kappa shape index (κ2) is 5.34. The van der Waals surface area contributed by atoms with Crippen LogP contribution in [0.2, 0.25) is 5.02 Å². The molecule has 2 rings (SSSR count). The molecule has 0 aliphatic carbocycles. The number of hydrogen-bond acceptors (Lipinski definition) is 2. The van der Waals surface area contributed by atoms with Crippen molar-refractivity contribution in [2.75, 3.05) is 6.54 Å². The number of nitrogens with zero attached hydrogens (tertiary/aromatic N) is 2. The summed E-state index contributed by atoms with van der Waals surface area (Å²) < 4.78 is 2.02. The molecule has 0 radical (unpaired) electrons. The van der Waals surface area contributed by atoms with Crippen LogP contribution < -0.4 is 5.73 Å². The third-order valence-electron chi connectivity index (χ3n) is 2.91. The zero-order chi connectivity index (χ0) is 12.3. The molecule has 1 atom stereocenters.